The second-order valence-corrected chi connectivity index (χ2v) is 5.82. The number of rotatable bonds is 2. The molecular formula is C19H14BFO3. The Morgan fingerprint density at radius 1 is 0.875 bits per heavy atom. The van der Waals surface area contributed by atoms with E-state index >= 15 is 0 Å². The molecule has 0 bridgehead atoms. The topological polar surface area (TPSA) is 49.7 Å². The minimum absolute atomic E-state index is 0.303. The van der Waals surface area contributed by atoms with Gasteiger partial charge in [0.25, 0.3) is 0 Å². The number of ether oxygens (including phenoxy) is 1. The quantitative estimate of drug-likeness (QED) is 0.559. The molecule has 3 aromatic rings. The van der Waals surface area contributed by atoms with Gasteiger partial charge in [0.1, 0.15) is 17.3 Å². The highest BCUT2D eigenvalue weighted by Gasteiger charge is 2.21. The van der Waals surface area contributed by atoms with Gasteiger partial charge in [-0.3, -0.25) is 0 Å². The lowest BCUT2D eigenvalue weighted by Gasteiger charge is -2.21. The van der Waals surface area contributed by atoms with Crippen LogP contribution in [-0.4, -0.2) is 17.2 Å². The highest BCUT2D eigenvalue weighted by molar-refractivity contribution is 6.58. The zero-order chi connectivity index (χ0) is 16.7. The van der Waals surface area contributed by atoms with E-state index in [2.05, 4.69) is 0 Å². The van der Waals surface area contributed by atoms with Crippen LogP contribution in [0.25, 0.3) is 11.1 Å². The van der Waals surface area contributed by atoms with Crippen LogP contribution in [0.5, 0.6) is 11.5 Å². The molecule has 0 aliphatic carbocycles. The fourth-order valence-corrected chi connectivity index (χ4v) is 2.95. The van der Waals surface area contributed by atoms with Gasteiger partial charge in [-0.1, -0.05) is 42.5 Å². The molecule has 3 aromatic carbocycles. The van der Waals surface area contributed by atoms with Crippen molar-refractivity contribution in [2.75, 3.05) is 0 Å². The van der Waals surface area contributed by atoms with E-state index in [1.807, 2.05) is 30.3 Å². The minimum atomic E-state index is -1.51. The summed E-state index contributed by atoms with van der Waals surface area (Å²) in [6.07, 6.45) is 0.507. The van der Waals surface area contributed by atoms with E-state index < -0.39 is 7.12 Å². The van der Waals surface area contributed by atoms with E-state index in [9.17, 15) is 4.39 Å². The average molecular weight is 320 g/mol. The van der Waals surface area contributed by atoms with E-state index in [4.69, 9.17) is 14.8 Å². The van der Waals surface area contributed by atoms with Gasteiger partial charge in [-0.2, -0.15) is 0 Å². The van der Waals surface area contributed by atoms with E-state index in [1.165, 1.54) is 6.07 Å². The van der Waals surface area contributed by atoms with Crippen LogP contribution >= 0.6 is 0 Å². The first-order valence-corrected chi connectivity index (χ1v) is 7.66. The molecule has 0 aromatic heterocycles. The Labute approximate surface area is 139 Å². The highest BCUT2D eigenvalue weighted by atomic mass is 19.1. The summed E-state index contributed by atoms with van der Waals surface area (Å²) in [5.74, 6) is 0.971. The van der Waals surface area contributed by atoms with Gasteiger partial charge in [0.05, 0.1) is 0 Å². The monoisotopic (exact) mass is 320 g/mol. The normalized spacial score (nSPS) is 12.1. The maximum Gasteiger partial charge on any atom is 0.488 e. The third-order valence-electron chi connectivity index (χ3n) is 4.26. The summed E-state index contributed by atoms with van der Waals surface area (Å²) >= 11 is 0. The third-order valence-corrected chi connectivity index (χ3v) is 4.26. The Kier molecular flexibility index (Phi) is 3.60. The van der Waals surface area contributed by atoms with Crippen LogP contribution < -0.4 is 10.2 Å². The molecule has 0 spiro atoms. The van der Waals surface area contributed by atoms with Crippen molar-refractivity contribution in [2.45, 2.75) is 6.42 Å². The minimum Gasteiger partial charge on any atom is -0.457 e. The molecule has 0 unspecified atom stereocenters. The largest absolute Gasteiger partial charge is 0.488 e. The molecule has 0 saturated carbocycles. The first kappa shape index (κ1) is 14.9. The van der Waals surface area contributed by atoms with Crippen LogP contribution in [0.1, 0.15) is 11.1 Å². The average Bonchev–Trinajstić information content (AvgIpc) is 2.60. The van der Waals surface area contributed by atoms with Crippen molar-refractivity contribution in [3.8, 4) is 22.6 Å². The zero-order valence-electron chi connectivity index (χ0n) is 12.7. The first-order chi connectivity index (χ1) is 11.6. The maximum atomic E-state index is 14.6. The molecule has 118 valence electrons. The molecule has 3 nitrogen and oxygen atoms in total. The summed E-state index contributed by atoms with van der Waals surface area (Å²) < 4.78 is 20.4. The molecular weight excluding hydrogens is 306 g/mol. The lowest BCUT2D eigenvalue weighted by molar-refractivity contribution is 0.426. The van der Waals surface area contributed by atoms with Crippen molar-refractivity contribution in [2.24, 2.45) is 0 Å². The number of benzene rings is 3. The summed E-state index contributed by atoms with van der Waals surface area (Å²) in [7, 11) is -1.51. The second kappa shape index (κ2) is 5.78. The number of halogens is 1. The van der Waals surface area contributed by atoms with E-state index in [1.54, 1.807) is 24.3 Å². The summed E-state index contributed by atoms with van der Waals surface area (Å²) in [5.41, 5.74) is 3.38. The van der Waals surface area contributed by atoms with E-state index in [0.717, 1.165) is 16.9 Å². The molecule has 2 N–H and O–H groups in total. The van der Waals surface area contributed by atoms with Crippen LogP contribution in [0.15, 0.2) is 60.7 Å². The third kappa shape index (κ3) is 2.58. The summed E-state index contributed by atoms with van der Waals surface area (Å²) in [4.78, 5) is 0. The van der Waals surface area contributed by atoms with Gasteiger partial charge in [0.2, 0.25) is 0 Å². The number of hydrogen-bond acceptors (Lipinski definition) is 3. The van der Waals surface area contributed by atoms with Gasteiger partial charge in [-0.15, -0.1) is 0 Å². The van der Waals surface area contributed by atoms with E-state index in [0.29, 0.717) is 28.8 Å². The number of hydrogen-bond donors (Lipinski definition) is 2. The molecule has 0 saturated heterocycles. The SMILES string of the molecule is OB(O)c1ccc(-c2cc(F)c3c(c2)Oc2ccccc2C3)cc1. The Morgan fingerprint density at radius 3 is 2.38 bits per heavy atom. The molecule has 1 aliphatic heterocycles. The van der Waals surface area contributed by atoms with Crippen LogP contribution in [0.3, 0.4) is 0 Å². The van der Waals surface area contributed by atoms with Crippen molar-refractivity contribution in [1.29, 1.82) is 0 Å². The van der Waals surface area contributed by atoms with Gasteiger partial charge < -0.3 is 14.8 Å². The van der Waals surface area contributed by atoms with Crippen LogP contribution in [0.4, 0.5) is 4.39 Å². The summed E-state index contributed by atoms with van der Waals surface area (Å²) in [6.45, 7) is 0. The van der Waals surface area contributed by atoms with Crippen LogP contribution in [-0.2, 0) is 6.42 Å². The van der Waals surface area contributed by atoms with Gasteiger partial charge in [-0.25, -0.2) is 4.39 Å². The predicted molar refractivity (Wildman–Crippen MR) is 91.0 cm³/mol. The molecule has 4 rings (SSSR count). The van der Waals surface area contributed by atoms with Gasteiger partial charge in [0, 0.05) is 12.0 Å². The lowest BCUT2D eigenvalue weighted by atomic mass is 9.80. The smallest absolute Gasteiger partial charge is 0.457 e. The standard InChI is InChI=1S/C19H14BFO3/c21-17-10-14(12-5-7-15(8-6-12)20(22)23)11-19-16(17)9-13-3-1-2-4-18(13)24-19/h1-8,10-11,22-23H,9H2. The van der Waals surface area contributed by atoms with Gasteiger partial charge >= 0.3 is 7.12 Å². The van der Waals surface area contributed by atoms with Crippen molar-refractivity contribution >= 4 is 12.6 Å². The van der Waals surface area contributed by atoms with Crippen molar-refractivity contribution in [3.05, 3.63) is 77.6 Å². The Balaban J connectivity index is 1.74. The molecule has 0 atom stereocenters. The molecule has 1 heterocycles. The number of fused-ring (bicyclic) bond motifs is 2. The highest BCUT2D eigenvalue weighted by Crippen LogP contribution is 2.39. The van der Waals surface area contributed by atoms with Crippen molar-refractivity contribution < 1.29 is 19.2 Å². The van der Waals surface area contributed by atoms with Crippen LogP contribution in [0, 0.1) is 5.82 Å². The zero-order valence-corrected chi connectivity index (χ0v) is 12.7. The first-order valence-electron chi connectivity index (χ1n) is 7.66. The molecule has 24 heavy (non-hydrogen) atoms. The molecule has 0 fully saturated rings. The second-order valence-electron chi connectivity index (χ2n) is 5.82. The lowest BCUT2D eigenvalue weighted by Crippen LogP contribution is -2.29. The van der Waals surface area contributed by atoms with Gasteiger partial charge in [-0.05, 0) is 40.4 Å². The van der Waals surface area contributed by atoms with Gasteiger partial charge in [0.15, 0.2) is 0 Å². The summed E-state index contributed by atoms with van der Waals surface area (Å²) in [6, 6.07) is 17.6. The van der Waals surface area contributed by atoms with E-state index in [-0.39, 0.29) is 5.82 Å². The Hall–Kier alpha value is -2.63. The molecule has 5 heteroatoms. The summed E-state index contributed by atoms with van der Waals surface area (Å²) in [5, 5.41) is 18.3. The Morgan fingerprint density at radius 2 is 1.62 bits per heavy atom. The fourth-order valence-electron chi connectivity index (χ4n) is 2.95. The Bertz CT molecular complexity index is 907. The molecule has 0 amide bonds. The molecule has 0 radical (unpaired) electrons. The van der Waals surface area contributed by atoms with Crippen molar-refractivity contribution in [1.82, 2.24) is 0 Å². The molecule has 1 aliphatic rings. The number of para-hydroxylation sites is 1. The maximum absolute atomic E-state index is 14.6. The van der Waals surface area contributed by atoms with Crippen molar-refractivity contribution in [3.63, 3.8) is 0 Å². The van der Waals surface area contributed by atoms with Crippen LogP contribution in [0.2, 0.25) is 0 Å². The fraction of sp³-hybridized carbons (Fsp3) is 0.0526. The predicted octanol–water partition coefficient (Wildman–Crippen LogP) is 2.87.